The second-order valence-electron chi connectivity index (χ2n) is 6.81. The van der Waals surface area contributed by atoms with Crippen LogP contribution in [-0.2, 0) is 20.9 Å². The summed E-state index contributed by atoms with van der Waals surface area (Å²) in [6.45, 7) is 8.71. The highest BCUT2D eigenvalue weighted by atomic mass is 32.9. The number of unbranched alkanes of at least 4 members (excludes halogenated alkanes) is 11. The summed E-state index contributed by atoms with van der Waals surface area (Å²) >= 11 is 9.31. The number of hydrogen-bond donors (Lipinski definition) is 2. The lowest BCUT2D eigenvalue weighted by atomic mass is 10.1. The Hall–Kier alpha value is 0.880. The SMILES string of the molecule is CCCCCCCCCCCCN.CCCCOP(=S)(S)OCCCC. The quantitative estimate of drug-likeness (QED) is 0.134. The summed E-state index contributed by atoms with van der Waals surface area (Å²) in [6.07, 6.45) is 18.2. The number of nitrogens with two attached hydrogens (primary N) is 1. The molecule has 0 spiro atoms. The van der Waals surface area contributed by atoms with Gasteiger partial charge in [0.05, 0.1) is 13.2 Å². The third-order valence-corrected chi connectivity index (χ3v) is 6.41. The van der Waals surface area contributed by atoms with Gasteiger partial charge in [-0.2, -0.15) is 0 Å². The molecule has 2 N–H and O–H groups in total. The second kappa shape index (κ2) is 23.9. The molecule has 3 nitrogen and oxygen atoms in total. The first-order valence-electron chi connectivity index (χ1n) is 10.9. The Morgan fingerprint density at radius 3 is 1.35 bits per heavy atom. The summed E-state index contributed by atoms with van der Waals surface area (Å²) in [5, 5.41) is 0. The molecule has 0 bridgehead atoms. The number of thiol groups is 1. The van der Waals surface area contributed by atoms with Gasteiger partial charge in [0.15, 0.2) is 0 Å². The van der Waals surface area contributed by atoms with Crippen molar-refractivity contribution in [1.29, 1.82) is 0 Å². The summed E-state index contributed by atoms with van der Waals surface area (Å²) in [5.74, 6) is 0. The van der Waals surface area contributed by atoms with Crippen LogP contribution in [0.2, 0.25) is 0 Å². The number of hydrogen-bond acceptors (Lipinski definition) is 4. The zero-order chi connectivity index (χ0) is 19.9. The van der Waals surface area contributed by atoms with Gasteiger partial charge in [0.1, 0.15) is 0 Å². The zero-order valence-corrected chi connectivity index (χ0v) is 20.3. The first-order chi connectivity index (χ1) is 12.5. The molecule has 6 heteroatoms. The van der Waals surface area contributed by atoms with Crippen LogP contribution in [0.4, 0.5) is 0 Å². The fourth-order valence-corrected chi connectivity index (χ4v) is 4.05. The molecule has 0 aliphatic heterocycles. The van der Waals surface area contributed by atoms with E-state index in [4.69, 9.17) is 26.6 Å². The third kappa shape index (κ3) is 27.1. The van der Waals surface area contributed by atoms with E-state index in [9.17, 15) is 0 Å². The highest BCUT2D eigenvalue weighted by molar-refractivity contribution is 8.60. The molecule has 0 atom stereocenters. The van der Waals surface area contributed by atoms with E-state index in [1.165, 1.54) is 64.2 Å². The largest absolute Gasteiger partial charge is 0.330 e. The minimum absolute atomic E-state index is 0.670. The average Bonchev–Trinajstić information content (AvgIpc) is 2.61. The third-order valence-electron chi connectivity index (χ3n) is 4.06. The van der Waals surface area contributed by atoms with Gasteiger partial charge >= 0.3 is 0 Å². The van der Waals surface area contributed by atoms with Crippen LogP contribution < -0.4 is 5.73 Å². The molecule has 0 aliphatic carbocycles. The Morgan fingerprint density at radius 1 is 0.654 bits per heavy atom. The Morgan fingerprint density at radius 2 is 1.00 bits per heavy atom. The molecule has 0 amide bonds. The van der Waals surface area contributed by atoms with E-state index in [2.05, 4.69) is 33.0 Å². The smallest absolute Gasteiger partial charge is 0.244 e. The van der Waals surface area contributed by atoms with Gasteiger partial charge in [-0.25, -0.2) is 0 Å². The monoisotopic (exact) mass is 427 g/mol. The molecule has 0 aromatic heterocycles. The summed E-state index contributed by atoms with van der Waals surface area (Å²) in [4.78, 5) is 0. The van der Waals surface area contributed by atoms with Crippen molar-refractivity contribution in [1.82, 2.24) is 0 Å². The predicted octanol–water partition coefficient (Wildman–Crippen LogP) is 7.64. The molecule has 0 fully saturated rings. The van der Waals surface area contributed by atoms with Crippen LogP contribution in [0.25, 0.3) is 0 Å². The maximum Gasteiger partial charge on any atom is 0.244 e. The molecule has 0 aromatic carbocycles. The lowest BCUT2D eigenvalue weighted by Gasteiger charge is -2.15. The molecule has 0 aliphatic rings. The van der Waals surface area contributed by atoms with Crippen LogP contribution in [0.3, 0.4) is 0 Å². The zero-order valence-electron chi connectivity index (χ0n) is 17.7. The molecule has 0 radical (unpaired) electrons. The summed E-state index contributed by atoms with van der Waals surface area (Å²) in [6, 6.07) is 0. The standard InChI is InChI=1S/C12H27N.C8H19O2PS2/c1-2-3-4-5-6-7-8-9-10-11-12-13;1-3-5-7-9-11(12,13)10-8-6-4-2/h2-13H2,1H3;3-8H2,1-2H3,(H,12,13). The van der Waals surface area contributed by atoms with Crippen LogP contribution in [0.1, 0.15) is 111 Å². The Kier molecular flexibility index (Phi) is 26.8. The topological polar surface area (TPSA) is 44.5 Å². The first kappa shape index (κ1) is 29.1. The van der Waals surface area contributed by atoms with Gasteiger partial charge in [0, 0.05) is 0 Å². The lowest BCUT2D eigenvalue weighted by Crippen LogP contribution is -1.97. The van der Waals surface area contributed by atoms with E-state index in [-0.39, 0.29) is 0 Å². The summed E-state index contributed by atoms with van der Waals surface area (Å²) in [7, 11) is 0. The van der Waals surface area contributed by atoms with Gasteiger partial charge in [0.2, 0.25) is 5.69 Å². The maximum absolute atomic E-state index is 5.42. The van der Waals surface area contributed by atoms with E-state index < -0.39 is 5.69 Å². The fourth-order valence-electron chi connectivity index (χ4n) is 2.32. The molecule has 0 unspecified atom stereocenters. The van der Waals surface area contributed by atoms with Crippen molar-refractivity contribution in [3.05, 3.63) is 0 Å². The van der Waals surface area contributed by atoms with Crippen molar-refractivity contribution in [2.24, 2.45) is 5.73 Å². The molecular formula is C20H46NO2PS2. The number of rotatable bonds is 18. The highest BCUT2D eigenvalue weighted by Gasteiger charge is 2.11. The van der Waals surface area contributed by atoms with Crippen LogP contribution in [0.5, 0.6) is 0 Å². The minimum Gasteiger partial charge on any atom is -0.330 e. The molecule has 0 aromatic rings. The van der Waals surface area contributed by atoms with Gasteiger partial charge in [-0.3, -0.25) is 0 Å². The average molecular weight is 428 g/mol. The molecule has 160 valence electrons. The van der Waals surface area contributed by atoms with Gasteiger partial charge in [-0.1, -0.05) is 104 Å². The van der Waals surface area contributed by atoms with Crippen molar-refractivity contribution in [3.8, 4) is 0 Å². The van der Waals surface area contributed by atoms with E-state index in [1.54, 1.807) is 0 Å². The molecule has 0 heterocycles. The molecule has 26 heavy (non-hydrogen) atoms. The fraction of sp³-hybridized carbons (Fsp3) is 1.00. The first-order valence-corrected chi connectivity index (χ1v) is 14.6. The summed E-state index contributed by atoms with van der Waals surface area (Å²) in [5.41, 5.74) is 3.20. The van der Waals surface area contributed by atoms with Gasteiger partial charge in [0.25, 0.3) is 0 Å². The molecule has 0 rings (SSSR count). The molecule has 0 saturated carbocycles. The van der Waals surface area contributed by atoms with Gasteiger partial charge in [-0.05, 0) is 37.6 Å². The van der Waals surface area contributed by atoms with Gasteiger partial charge in [-0.15, -0.1) is 0 Å². The van der Waals surface area contributed by atoms with E-state index in [0.717, 1.165) is 32.2 Å². The van der Waals surface area contributed by atoms with Crippen LogP contribution in [-0.4, -0.2) is 19.8 Å². The van der Waals surface area contributed by atoms with Crippen molar-refractivity contribution >= 4 is 29.7 Å². The van der Waals surface area contributed by atoms with Crippen molar-refractivity contribution in [2.75, 3.05) is 19.8 Å². The molecule has 0 saturated heterocycles. The lowest BCUT2D eigenvalue weighted by molar-refractivity contribution is 0.253. The van der Waals surface area contributed by atoms with Crippen molar-refractivity contribution < 1.29 is 9.05 Å². The van der Waals surface area contributed by atoms with Crippen molar-refractivity contribution in [2.45, 2.75) is 111 Å². The van der Waals surface area contributed by atoms with E-state index in [1.807, 2.05) is 0 Å². The predicted molar refractivity (Wildman–Crippen MR) is 126 cm³/mol. The van der Waals surface area contributed by atoms with Crippen molar-refractivity contribution in [3.63, 3.8) is 0 Å². The summed E-state index contributed by atoms with van der Waals surface area (Å²) < 4.78 is 10.8. The van der Waals surface area contributed by atoms with Gasteiger partial charge < -0.3 is 14.8 Å². The Bertz CT molecular complexity index is 284. The minimum atomic E-state index is -2.22. The maximum atomic E-state index is 5.42. The Labute approximate surface area is 174 Å². The van der Waals surface area contributed by atoms with E-state index >= 15 is 0 Å². The highest BCUT2D eigenvalue weighted by Crippen LogP contribution is 2.53. The van der Waals surface area contributed by atoms with Crippen LogP contribution in [0, 0.1) is 0 Å². The van der Waals surface area contributed by atoms with Crippen LogP contribution in [0.15, 0.2) is 0 Å². The van der Waals surface area contributed by atoms with Crippen LogP contribution >= 0.6 is 17.9 Å². The Balaban J connectivity index is 0. The molecular weight excluding hydrogens is 381 g/mol. The van der Waals surface area contributed by atoms with E-state index in [0.29, 0.717) is 13.2 Å². The second-order valence-corrected chi connectivity index (χ2v) is 12.1. The normalized spacial score (nSPS) is 11.3.